The predicted molar refractivity (Wildman–Crippen MR) is 127 cm³/mol. The topological polar surface area (TPSA) is 108 Å². The molecule has 2 N–H and O–H groups in total. The van der Waals surface area contributed by atoms with Crippen LogP contribution in [0.5, 0.6) is 0 Å². The summed E-state index contributed by atoms with van der Waals surface area (Å²) < 4.78 is 19.2. The van der Waals surface area contributed by atoms with E-state index in [-0.39, 0.29) is 48.4 Å². The van der Waals surface area contributed by atoms with Crippen molar-refractivity contribution in [3.63, 3.8) is 0 Å². The largest absolute Gasteiger partial charge is 0.436 e. The van der Waals surface area contributed by atoms with Crippen LogP contribution in [0.15, 0.2) is 47.7 Å². The highest BCUT2D eigenvalue weighted by molar-refractivity contribution is 6.03. The van der Waals surface area contributed by atoms with E-state index in [2.05, 4.69) is 10.6 Å². The number of Topliss-reactive ketones (excluding diaryl/α,β-unsaturated/α-hetero) is 1. The average Bonchev–Trinajstić information content (AvgIpc) is 3.51. The smallest absolute Gasteiger partial charge is 0.411 e. The molecule has 190 valence electrons. The molecule has 4 atom stereocenters. The number of amides is 4. The second-order valence-corrected chi connectivity index (χ2v) is 9.88. The van der Waals surface area contributed by atoms with E-state index in [9.17, 15) is 23.6 Å². The fraction of sp³-hybridized carbons (Fsp3) is 0.462. The summed E-state index contributed by atoms with van der Waals surface area (Å²) in [6.07, 6.45) is 5.24. The van der Waals surface area contributed by atoms with Gasteiger partial charge < -0.3 is 20.3 Å². The Labute approximate surface area is 208 Å². The SMILES string of the molecule is CNC(=O)NC1=CC=C2C(CC[C@]23CN(CC(=O)N2C(c4ccc(F)cc4)CC[C@H]2C)C(=O)O3)C1=O. The number of fused-ring (bicyclic) bond motifs is 2. The number of allylic oxidation sites excluding steroid dienone is 3. The third-order valence-electron chi connectivity index (χ3n) is 7.75. The molecule has 10 heteroatoms. The number of ether oxygens (including phenoxy) is 1. The molecule has 1 aromatic carbocycles. The number of carbonyl (C=O) groups is 4. The zero-order valence-corrected chi connectivity index (χ0v) is 20.3. The van der Waals surface area contributed by atoms with E-state index in [1.807, 2.05) is 6.92 Å². The summed E-state index contributed by atoms with van der Waals surface area (Å²) in [6.45, 7) is 2.03. The van der Waals surface area contributed by atoms with Crippen molar-refractivity contribution in [1.82, 2.24) is 20.4 Å². The number of urea groups is 1. The van der Waals surface area contributed by atoms with Crippen LogP contribution in [-0.2, 0) is 14.3 Å². The van der Waals surface area contributed by atoms with Crippen molar-refractivity contribution in [3.05, 3.63) is 59.1 Å². The fourth-order valence-electron chi connectivity index (χ4n) is 5.96. The number of nitrogens with one attached hydrogen (secondary N) is 2. The zero-order valence-electron chi connectivity index (χ0n) is 20.3. The van der Waals surface area contributed by atoms with Crippen molar-refractivity contribution >= 4 is 23.8 Å². The first-order valence-electron chi connectivity index (χ1n) is 12.2. The Kier molecular flexibility index (Phi) is 6.05. The summed E-state index contributed by atoms with van der Waals surface area (Å²) in [5.41, 5.74) is 0.815. The molecule has 1 aromatic rings. The van der Waals surface area contributed by atoms with Gasteiger partial charge in [-0.25, -0.2) is 14.0 Å². The van der Waals surface area contributed by atoms with E-state index >= 15 is 0 Å². The number of benzene rings is 1. The van der Waals surface area contributed by atoms with Gasteiger partial charge in [0.05, 0.1) is 18.3 Å². The van der Waals surface area contributed by atoms with Gasteiger partial charge in [-0.05, 0) is 62.0 Å². The predicted octanol–water partition coefficient (Wildman–Crippen LogP) is 2.80. The van der Waals surface area contributed by atoms with Crippen LogP contribution in [0.2, 0.25) is 0 Å². The standard InChI is InChI=1S/C26H29FN4O5/c1-15-3-10-21(16-4-6-17(27)7-5-16)31(15)22(32)13-30-14-26(36-25(30)35)12-11-18-19(26)8-9-20(23(18)33)29-24(34)28-2/h4-9,15,18,21H,3,10-14H2,1-2H3,(H2,28,29,34)/t15-,18?,21?,26+/m1/s1. The number of hydrogen-bond acceptors (Lipinski definition) is 5. The van der Waals surface area contributed by atoms with E-state index in [0.717, 1.165) is 18.4 Å². The lowest BCUT2D eigenvalue weighted by atomic mass is 9.85. The molecule has 2 unspecified atom stereocenters. The Morgan fingerprint density at radius 3 is 2.61 bits per heavy atom. The van der Waals surface area contributed by atoms with Gasteiger partial charge in [-0.2, -0.15) is 0 Å². The summed E-state index contributed by atoms with van der Waals surface area (Å²) >= 11 is 0. The molecule has 36 heavy (non-hydrogen) atoms. The third kappa shape index (κ3) is 4.04. The van der Waals surface area contributed by atoms with Crippen LogP contribution in [0.3, 0.4) is 0 Å². The van der Waals surface area contributed by atoms with E-state index in [1.54, 1.807) is 23.1 Å². The number of likely N-dealkylation sites (tertiary alicyclic amines) is 1. The maximum atomic E-state index is 13.4. The van der Waals surface area contributed by atoms with Gasteiger partial charge in [-0.3, -0.25) is 14.5 Å². The minimum absolute atomic E-state index is 0.00829. The summed E-state index contributed by atoms with van der Waals surface area (Å²) in [4.78, 5) is 54.1. The monoisotopic (exact) mass is 496 g/mol. The summed E-state index contributed by atoms with van der Waals surface area (Å²) in [7, 11) is 1.47. The molecule has 1 spiro atoms. The molecule has 0 radical (unpaired) electrons. The van der Waals surface area contributed by atoms with Crippen LogP contribution >= 0.6 is 0 Å². The molecule has 9 nitrogen and oxygen atoms in total. The second kappa shape index (κ2) is 9.07. The van der Waals surface area contributed by atoms with Gasteiger partial charge in [-0.1, -0.05) is 18.2 Å². The lowest BCUT2D eigenvalue weighted by Crippen LogP contribution is -2.44. The first-order valence-corrected chi connectivity index (χ1v) is 12.2. The fourth-order valence-corrected chi connectivity index (χ4v) is 5.96. The first kappa shape index (κ1) is 24.0. The zero-order chi connectivity index (χ0) is 25.6. The van der Waals surface area contributed by atoms with Crippen LogP contribution in [0.1, 0.15) is 44.2 Å². The minimum Gasteiger partial charge on any atom is -0.436 e. The third-order valence-corrected chi connectivity index (χ3v) is 7.75. The van der Waals surface area contributed by atoms with Crippen LogP contribution in [-0.4, -0.2) is 65.4 Å². The van der Waals surface area contributed by atoms with Crippen LogP contribution in [0, 0.1) is 11.7 Å². The highest BCUT2D eigenvalue weighted by atomic mass is 19.1. The molecule has 1 saturated carbocycles. The molecule has 5 rings (SSSR count). The molecule has 0 bridgehead atoms. The van der Waals surface area contributed by atoms with E-state index < -0.39 is 23.6 Å². The van der Waals surface area contributed by atoms with Gasteiger partial charge >= 0.3 is 12.1 Å². The molecule has 2 aliphatic heterocycles. The molecular formula is C26H29FN4O5. The highest BCUT2D eigenvalue weighted by Gasteiger charge is 2.56. The Morgan fingerprint density at radius 2 is 1.89 bits per heavy atom. The number of ketones is 1. The number of rotatable bonds is 4. The average molecular weight is 497 g/mol. The lowest BCUT2D eigenvalue weighted by molar-refractivity contribution is -0.134. The lowest BCUT2D eigenvalue weighted by Gasteiger charge is -2.30. The van der Waals surface area contributed by atoms with Crippen molar-refractivity contribution in [1.29, 1.82) is 0 Å². The van der Waals surface area contributed by atoms with Crippen molar-refractivity contribution in [2.45, 2.75) is 50.3 Å². The van der Waals surface area contributed by atoms with Crippen molar-refractivity contribution in [2.75, 3.05) is 20.1 Å². The number of carbonyl (C=O) groups excluding carboxylic acids is 4. The Morgan fingerprint density at radius 1 is 1.14 bits per heavy atom. The van der Waals surface area contributed by atoms with Crippen LogP contribution in [0.25, 0.3) is 0 Å². The number of halogens is 1. The van der Waals surface area contributed by atoms with Gasteiger partial charge in [-0.15, -0.1) is 0 Å². The molecule has 0 aromatic heterocycles. The van der Waals surface area contributed by atoms with Gasteiger partial charge in [0.15, 0.2) is 11.4 Å². The maximum absolute atomic E-state index is 13.4. The molecule has 4 amide bonds. The van der Waals surface area contributed by atoms with Gasteiger partial charge in [0.1, 0.15) is 12.4 Å². The molecular weight excluding hydrogens is 467 g/mol. The number of nitrogens with zero attached hydrogens (tertiary/aromatic N) is 2. The van der Waals surface area contributed by atoms with Gasteiger partial charge in [0.25, 0.3) is 0 Å². The van der Waals surface area contributed by atoms with Crippen molar-refractivity contribution < 1.29 is 28.3 Å². The van der Waals surface area contributed by atoms with Gasteiger partial charge in [0, 0.05) is 19.0 Å². The second-order valence-electron chi connectivity index (χ2n) is 9.88. The van der Waals surface area contributed by atoms with E-state index in [1.165, 1.54) is 30.2 Å². The number of hydrogen-bond donors (Lipinski definition) is 2. The van der Waals surface area contributed by atoms with Crippen molar-refractivity contribution in [2.24, 2.45) is 5.92 Å². The Bertz CT molecular complexity index is 1180. The normalized spacial score (nSPS) is 29.1. The highest BCUT2D eigenvalue weighted by Crippen LogP contribution is 2.48. The first-order chi connectivity index (χ1) is 17.2. The molecule has 2 heterocycles. The van der Waals surface area contributed by atoms with Crippen LogP contribution < -0.4 is 10.6 Å². The Balaban J connectivity index is 1.31. The summed E-state index contributed by atoms with van der Waals surface area (Å²) in [6, 6.07) is 5.51. The maximum Gasteiger partial charge on any atom is 0.411 e. The van der Waals surface area contributed by atoms with E-state index in [4.69, 9.17) is 4.74 Å². The van der Waals surface area contributed by atoms with Gasteiger partial charge in [0.2, 0.25) is 5.91 Å². The molecule has 2 aliphatic carbocycles. The van der Waals surface area contributed by atoms with E-state index in [0.29, 0.717) is 18.4 Å². The Hall–Kier alpha value is -3.69. The molecule has 4 aliphatic rings. The summed E-state index contributed by atoms with van der Waals surface area (Å²) in [5, 5.41) is 4.96. The molecule has 2 saturated heterocycles. The molecule has 3 fully saturated rings. The quantitative estimate of drug-likeness (QED) is 0.667. The van der Waals surface area contributed by atoms with Crippen molar-refractivity contribution in [3.8, 4) is 0 Å². The minimum atomic E-state index is -0.959. The van der Waals surface area contributed by atoms with Crippen LogP contribution in [0.4, 0.5) is 14.0 Å². The summed E-state index contributed by atoms with van der Waals surface area (Å²) in [5.74, 6) is -1.22.